The minimum absolute atomic E-state index is 0.0348. The second kappa shape index (κ2) is 6.83. The maximum Gasteiger partial charge on any atom is 0.244 e. The van der Waals surface area contributed by atoms with E-state index in [1.807, 2.05) is 0 Å². The number of nitrogens with zero attached hydrogens (tertiary/aromatic N) is 2. The fraction of sp³-hybridized carbons (Fsp3) is 0.500. The smallest absolute Gasteiger partial charge is 0.244 e. The summed E-state index contributed by atoms with van der Waals surface area (Å²) in [5.74, 6) is 1.20. The molecule has 21 heavy (non-hydrogen) atoms. The first kappa shape index (κ1) is 15.7. The molecule has 0 aliphatic rings. The van der Waals surface area contributed by atoms with Crippen molar-refractivity contribution < 1.29 is 17.4 Å². The molecule has 0 bridgehead atoms. The summed E-state index contributed by atoms with van der Waals surface area (Å²) >= 11 is 0. The third kappa shape index (κ3) is 4.13. The van der Waals surface area contributed by atoms with Crippen LogP contribution in [0.25, 0.3) is 0 Å². The average Bonchev–Trinajstić information content (AvgIpc) is 3.07. The van der Waals surface area contributed by atoms with Crippen molar-refractivity contribution in [3.05, 3.63) is 29.8 Å². The summed E-state index contributed by atoms with van der Waals surface area (Å²) in [5, 5.41) is 6.70. The van der Waals surface area contributed by atoms with Gasteiger partial charge in [-0.25, -0.2) is 13.1 Å². The van der Waals surface area contributed by atoms with Gasteiger partial charge in [-0.3, -0.25) is 0 Å². The summed E-state index contributed by atoms with van der Waals surface area (Å²) in [4.78, 5) is 3.88. The Kier molecular flexibility index (Phi) is 5.10. The number of sulfonamides is 1. The highest BCUT2D eigenvalue weighted by atomic mass is 32.2. The van der Waals surface area contributed by atoms with Crippen LogP contribution in [0, 0.1) is 6.92 Å². The normalized spacial score (nSPS) is 11.9. The molecule has 0 amide bonds. The lowest BCUT2D eigenvalue weighted by Gasteiger charge is -2.02. The zero-order valence-corrected chi connectivity index (χ0v) is 12.7. The van der Waals surface area contributed by atoms with Crippen molar-refractivity contribution in [2.45, 2.75) is 38.3 Å². The Morgan fingerprint density at radius 1 is 1.33 bits per heavy atom. The highest BCUT2D eigenvalue weighted by molar-refractivity contribution is 7.89. The Bertz CT molecular complexity index is 663. The summed E-state index contributed by atoms with van der Waals surface area (Å²) < 4.78 is 36.8. The van der Waals surface area contributed by atoms with Crippen LogP contribution in [-0.4, -0.2) is 25.1 Å². The van der Waals surface area contributed by atoms with Crippen LogP contribution >= 0.6 is 0 Å². The summed E-state index contributed by atoms with van der Waals surface area (Å²) in [6, 6.07) is 1.52. The van der Waals surface area contributed by atoms with Crippen molar-refractivity contribution >= 4 is 10.0 Å². The number of hydrogen-bond donors (Lipinski definition) is 2. The van der Waals surface area contributed by atoms with E-state index in [1.54, 1.807) is 6.92 Å². The highest BCUT2D eigenvalue weighted by Crippen LogP contribution is 2.20. The molecule has 0 unspecified atom stereocenters. The lowest BCUT2D eigenvalue weighted by atomic mass is 10.4. The summed E-state index contributed by atoms with van der Waals surface area (Å²) in [7, 11) is -3.67. The number of rotatable bonds is 8. The van der Waals surface area contributed by atoms with E-state index >= 15 is 0 Å². The Hall–Kier alpha value is -1.71. The van der Waals surface area contributed by atoms with Crippen molar-refractivity contribution in [3.63, 3.8) is 0 Å². The van der Waals surface area contributed by atoms with Crippen LogP contribution in [0.3, 0.4) is 0 Å². The SMILES string of the molecule is CCCNCc1cc(S(=O)(=O)NCc2ncon2)c(C)o1. The molecule has 0 saturated carbocycles. The predicted molar refractivity (Wildman–Crippen MR) is 73.8 cm³/mol. The van der Waals surface area contributed by atoms with E-state index in [0.717, 1.165) is 19.4 Å². The number of hydrogen-bond acceptors (Lipinski definition) is 7. The minimum atomic E-state index is -3.67. The fourth-order valence-corrected chi connectivity index (χ4v) is 2.96. The molecule has 2 heterocycles. The lowest BCUT2D eigenvalue weighted by molar-refractivity contribution is 0.409. The molecule has 0 fully saturated rings. The number of nitrogens with one attached hydrogen (secondary N) is 2. The Balaban J connectivity index is 2.05. The summed E-state index contributed by atoms with van der Waals surface area (Å²) in [6.45, 7) is 4.98. The molecular weight excluding hydrogens is 296 g/mol. The number of aromatic nitrogens is 2. The lowest BCUT2D eigenvalue weighted by Crippen LogP contribution is -2.24. The molecule has 8 nitrogen and oxygen atoms in total. The highest BCUT2D eigenvalue weighted by Gasteiger charge is 2.21. The molecule has 2 aromatic rings. The molecule has 2 aromatic heterocycles. The van der Waals surface area contributed by atoms with Crippen molar-refractivity contribution in [1.29, 1.82) is 0 Å². The molecule has 0 aromatic carbocycles. The van der Waals surface area contributed by atoms with Gasteiger partial charge in [0, 0.05) is 6.07 Å². The third-order valence-corrected chi connectivity index (χ3v) is 4.27. The first-order chi connectivity index (χ1) is 10.0. The van der Waals surface area contributed by atoms with Crippen molar-refractivity contribution in [3.8, 4) is 0 Å². The first-order valence-electron chi connectivity index (χ1n) is 6.58. The monoisotopic (exact) mass is 314 g/mol. The molecule has 2 N–H and O–H groups in total. The second-order valence-electron chi connectivity index (χ2n) is 4.48. The van der Waals surface area contributed by atoms with Crippen LogP contribution in [0.5, 0.6) is 0 Å². The molecule has 0 spiro atoms. The van der Waals surface area contributed by atoms with Crippen LogP contribution in [0.4, 0.5) is 0 Å². The standard InChI is InChI=1S/C12H18N4O4S/c1-3-4-13-6-10-5-11(9(2)20-10)21(17,18)15-7-12-14-8-19-16-12/h5,8,13,15H,3-4,6-7H2,1-2H3. The fourth-order valence-electron chi connectivity index (χ4n) is 1.77. The first-order valence-corrected chi connectivity index (χ1v) is 8.06. The van der Waals surface area contributed by atoms with Crippen molar-refractivity contribution in [2.24, 2.45) is 0 Å². The van der Waals surface area contributed by atoms with Crippen LogP contribution < -0.4 is 10.0 Å². The molecule has 2 rings (SSSR count). The predicted octanol–water partition coefficient (Wildman–Crippen LogP) is 0.949. The maximum atomic E-state index is 12.2. The van der Waals surface area contributed by atoms with Gasteiger partial charge in [0.2, 0.25) is 16.4 Å². The Labute approximate surface area is 123 Å². The molecule has 0 radical (unpaired) electrons. The molecule has 9 heteroatoms. The van der Waals surface area contributed by atoms with Crippen LogP contribution in [0.1, 0.15) is 30.7 Å². The molecule has 0 aliphatic heterocycles. The van der Waals surface area contributed by atoms with Gasteiger partial charge in [0.25, 0.3) is 0 Å². The largest absolute Gasteiger partial charge is 0.464 e. The van der Waals surface area contributed by atoms with Crippen LogP contribution in [-0.2, 0) is 23.1 Å². The quantitative estimate of drug-likeness (QED) is 0.698. The molecule has 0 aliphatic carbocycles. The van der Waals surface area contributed by atoms with Gasteiger partial charge in [-0.15, -0.1) is 0 Å². The second-order valence-corrected chi connectivity index (χ2v) is 6.22. The van der Waals surface area contributed by atoms with Gasteiger partial charge >= 0.3 is 0 Å². The van der Waals surface area contributed by atoms with E-state index in [0.29, 0.717) is 18.1 Å². The molecular formula is C12H18N4O4S. The van der Waals surface area contributed by atoms with E-state index in [2.05, 4.69) is 31.6 Å². The van der Waals surface area contributed by atoms with Crippen LogP contribution in [0.2, 0.25) is 0 Å². The van der Waals surface area contributed by atoms with Gasteiger partial charge in [0.1, 0.15) is 16.4 Å². The van der Waals surface area contributed by atoms with E-state index in [-0.39, 0.29) is 17.3 Å². The van der Waals surface area contributed by atoms with Gasteiger partial charge in [0.15, 0.2) is 5.82 Å². The zero-order valence-electron chi connectivity index (χ0n) is 11.9. The number of aryl methyl sites for hydroxylation is 1. The van der Waals surface area contributed by atoms with Gasteiger partial charge in [-0.1, -0.05) is 12.1 Å². The van der Waals surface area contributed by atoms with Crippen molar-refractivity contribution in [2.75, 3.05) is 6.54 Å². The molecule has 0 saturated heterocycles. The van der Waals surface area contributed by atoms with Gasteiger partial charge in [0.05, 0.1) is 13.1 Å². The third-order valence-electron chi connectivity index (χ3n) is 2.77. The summed E-state index contributed by atoms with van der Waals surface area (Å²) in [5.41, 5.74) is 0. The zero-order chi connectivity index (χ0) is 15.3. The Morgan fingerprint density at radius 2 is 2.14 bits per heavy atom. The van der Waals surface area contributed by atoms with Crippen LogP contribution in [0.15, 0.2) is 26.3 Å². The van der Waals surface area contributed by atoms with Gasteiger partial charge < -0.3 is 14.3 Å². The Morgan fingerprint density at radius 3 is 2.81 bits per heavy atom. The average molecular weight is 314 g/mol. The van der Waals surface area contributed by atoms with E-state index in [4.69, 9.17) is 4.42 Å². The minimum Gasteiger partial charge on any atom is -0.464 e. The summed E-state index contributed by atoms with van der Waals surface area (Å²) in [6.07, 6.45) is 2.14. The van der Waals surface area contributed by atoms with Gasteiger partial charge in [-0.05, 0) is 19.9 Å². The van der Waals surface area contributed by atoms with E-state index in [9.17, 15) is 8.42 Å². The molecule has 0 atom stereocenters. The molecule has 116 valence electrons. The number of furan rings is 1. The van der Waals surface area contributed by atoms with Crippen molar-refractivity contribution in [1.82, 2.24) is 20.2 Å². The topological polar surface area (TPSA) is 110 Å². The van der Waals surface area contributed by atoms with Gasteiger partial charge in [-0.2, -0.15) is 4.98 Å². The van der Waals surface area contributed by atoms with E-state index < -0.39 is 10.0 Å². The maximum absolute atomic E-state index is 12.2. The van der Waals surface area contributed by atoms with E-state index in [1.165, 1.54) is 6.07 Å².